The maximum atomic E-state index is 13.8. The van der Waals surface area contributed by atoms with Gasteiger partial charge in [-0.25, -0.2) is 4.98 Å². The summed E-state index contributed by atoms with van der Waals surface area (Å²) >= 11 is 1.34. The highest BCUT2D eigenvalue weighted by atomic mass is 32.1. The van der Waals surface area contributed by atoms with Crippen molar-refractivity contribution in [3.63, 3.8) is 0 Å². The molecule has 42 heavy (non-hydrogen) atoms. The summed E-state index contributed by atoms with van der Waals surface area (Å²) in [6, 6.07) is 13.8. The molecule has 0 unspecified atom stereocenters. The third-order valence-electron chi connectivity index (χ3n) is 7.52. The van der Waals surface area contributed by atoms with Crippen LogP contribution in [0.1, 0.15) is 54.6 Å². The molecule has 0 bridgehead atoms. The molecule has 1 fully saturated rings. The summed E-state index contributed by atoms with van der Waals surface area (Å²) in [5, 5.41) is 12.1. The molecule has 0 aliphatic carbocycles. The number of aromatic nitrogens is 1. The average Bonchev–Trinajstić information content (AvgIpc) is 3.62. The summed E-state index contributed by atoms with van der Waals surface area (Å²) in [4.78, 5) is 33.8. The van der Waals surface area contributed by atoms with Gasteiger partial charge in [0.15, 0.2) is 16.6 Å². The van der Waals surface area contributed by atoms with Crippen molar-refractivity contribution in [3.05, 3.63) is 81.9 Å². The molecular formula is C33H32N2O6S. The molecule has 2 atom stereocenters. The van der Waals surface area contributed by atoms with Crippen LogP contribution < -0.4 is 19.1 Å². The van der Waals surface area contributed by atoms with Gasteiger partial charge in [0, 0.05) is 12.0 Å². The largest absolute Gasteiger partial charge is 0.507 e. The van der Waals surface area contributed by atoms with E-state index in [1.54, 1.807) is 30.3 Å². The number of amides is 1. The number of ketones is 1. The Morgan fingerprint density at radius 2 is 1.81 bits per heavy atom. The Morgan fingerprint density at radius 3 is 2.57 bits per heavy atom. The number of nitrogens with zero attached hydrogens (tertiary/aromatic N) is 2. The predicted octanol–water partition coefficient (Wildman–Crippen LogP) is 6.66. The normalized spacial score (nSPS) is 19.3. The van der Waals surface area contributed by atoms with E-state index in [0.717, 1.165) is 32.7 Å². The first-order chi connectivity index (χ1) is 20.2. The Labute approximate surface area is 248 Å². The summed E-state index contributed by atoms with van der Waals surface area (Å²) in [6.45, 7) is 10.6. The van der Waals surface area contributed by atoms with E-state index in [1.165, 1.54) is 16.2 Å². The lowest BCUT2D eigenvalue weighted by Gasteiger charge is -2.24. The van der Waals surface area contributed by atoms with Crippen LogP contribution in [0.2, 0.25) is 0 Å². The third kappa shape index (κ3) is 4.67. The van der Waals surface area contributed by atoms with Crippen molar-refractivity contribution in [3.8, 4) is 17.2 Å². The molecular weight excluding hydrogens is 552 g/mol. The second kappa shape index (κ2) is 10.8. The van der Waals surface area contributed by atoms with Gasteiger partial charge in [-0.2, -0.15) is 0 Å². The zero-order valence-electron chi connectivity index (χ0n) is 24.2. The Kier molecular flexibility index (Phi) is 7.14. The second-order valence-corrected chi connectivity index (χ2v) is 11.6. The summed E-state index contributed by atoms with van der Waals surface area (Å²) in [5.41, 5.74) is 4.80. The molecule has 1 N–H and O–H groups in total. The van der Waals surface area contributed by atoms with Crippen LogP contribution >= 0.6 is 11.3 Å². The molecule has 3 heterocycles. The number of rotatable bonds is 7. The van der Waals surface area contributed by atoms with Crippen LogP contribution in [-0.2, 0) is 16.0 Å². The number of aliphatic hydroxyl groups excluding tert-OH is 1. The number of carbonyl (C=O) groups is 2. The maximum Gasteiger partial charge on any atom is 0.301 e. The van der Waals surface area contributed by atoms with E-state index in [2.05, 4.69) is 0 Å². The van der Waals surface area contributed by atoms with E-state index < -0.39 is 17.7 Å². The highest BCUT2D eigenvalue weighted by Crippen LogP contribution is 2.46. The lowest BCUT2D eigenvalue weighted by Crippen LogP contribution is -2.29. The molecule has 1 aromatic heterocycles. The number of thiazole rings is 1. The van der Waals surface area contributed by atoms with Crippen molar-refractivity contribution < 1.29 is 28.9 Å². The van der Waals surface area contributed by atoms with Gasteiger partial charge in [0.25, 0.3) is 5.78 Å². The van der Waals surface area contributed by atoms with Gasteiger partial charge in [-0.15, -0.1) is 0 Å². The monoisotopic (exact) mass is 584 g/mol. The fourth-order valence-electron chi connectivity index (χ4n) is 5.77. The van der Waals surface area contributed by atoms with Crippen molar-refractivity contribution in [2.24, 2.45) is 0 Å². The Bertz CT molecular complexity index is 1770. The molecule has 0 radical (unpaired) electrons. The van der Waals surface area contributed by atoms with E-state index in [0.29, 0.717) is 47.4 Å². The Morgan fingerprint density at radius 1 is 1.05 bits per heavy atom. The van der Waals surface area contributed by atoms with Crippen molar-refractivity contribution in [1.82, 2.24) is 4.98 Å². The number of hydrogen-bond acceptors (Lipinski definition) is 8. The first-order valence-electron chi connectivity index (χ1n) is 14.1. The molecule has 2 aliphatic heterocycles. The van der Waals surface area contributed by atoms with E-state index >= 15 is 0 Å². The van der Waals surface area contributed by atoms with Crippen molar-refractivity contribution in [2.45, 2.75) is 53.2 Å². The number of hydrogen-bond donors (Lipinski definition) is 1. The van der Waals surface area contributed by atoms with Gasteiger partial charge in [0.2, 0.25) is 0 Å². The first kappa shape index (κ1) is 27.8. The lowest BCUT2D eigenvalue weighted by atomic mass is 9.94. The number of anilines is 1. The summed E-state index contributed by atoms with van der Waals surface area (Å²) in [6.07, 6.45) is 0.713. The number of ether oxygens (including phenoxy) is 3. The van der Waals surface area contributed by atoms with Gasteiger partial charge < -0.3 is 19.3 Å². The van der Waals surface area contributed by atoms with Crippen LogP contribution in [0.4, 0.5) is 5.13 Å². The minimum absolute atomic E-state index is 0.00863. The summed E-state index contributed by atoms with van der Waals surface area (Å²) in [7, 11) is 0. The van der Waals surface area contributed by atoms with Crippen LogP contribution in [0.3, 0.4) is 0 Å². The van der Waals surface area contributed by atoms with Crippen LogP contribution in [-0.4, -0.2) is 41.1 Å². The minimum Gasteiger partial charge on any atom is -0.507 e. The smallest absolute Gasteiger partial charge is 0.301 e. The van der Waals surface area contributed by atoms with Gasteiger partial charge in [-0.1, -0.05) is 23.5 Å². The van der Waals surface area contributed by atoms with Gasteiger partial charge >= 0.3 is 5.91 Å². The average molecular weight is 585 g/mol. The van der Waals surface area contributed by atoms with Crippen LogP contribution in [0, 0.1) is 13.8 Å². The number of aliphatic hydroxyl groups is 1. The van der Waals surface area contributed by atoms with Crippen LogP contribution in [0.15, 0.2) is 54.1 Å². The molecule has 9 heteroatoms. The van der Waals surface area contributed by atoms with Gasteiger partial charge in [0.05, 0.1) is 35.0 Å². The molecule has 1 amide bonds. The predicted molar refractivity (Wildman–Crippen MR) is 163 cm³/mol. The number of fused-ring (bicyclic) bond motifs is 2. The number of benzene rings is 3. The zero-order valence-corrected chi connectivity index (χ0v) is 25.0. The summed E-state index contributed by atoms with van der Waals surface area (Å²) < 4.78 is 18.4. The minimum atomic E-state index is -0.940. The molecule has 3 aromatic carbocycles. The highest BCUT2D eigenvalue weighted by molar-refractivity contribution is 7.22. The summed E-state index contributed by atoms with van der Waals surface area (Å²) in [5.74, 6) is 0.0227. The number of carbonyl (C=O) groups excluding carboxylic acids is 2. The lowest BCUT2D eigenvalue weighted by molar-refractivity contribution is -0.132. The molecule has 1 saturated heterocycles. The maximum absolute atomic E-state index is 13.8. The highest BCUT2D eigenvalue weighted by Gasteiger charge is 2.48. The third-order valence-corrected chi connectivity index (χ3v) is 8.52. The van der Waals surface area contributed by atoms with Crippen LogP contribution in [0.25, 0.3) is 16.0 Å². The SMILES string of the molecule is CCOc1ccc([C@@H]2/C(=C(\O)c3ccc4c(c3)C[C@H](C)O4)C(=O)C(=O)N2c2nc3c(C)cc(C)cc3s2)cc1OCC. The molecule has 6 rings (SSSR count). The van der Waals surface area contributed by atoms with Gasteiger partial charge in [0.1, 0.15) is 17.6 Å². The van der Waals surface area contributed by atoms with Gasteiger partial charge in [-0.3, -0.25) is 14.5 Å². The topological polar surface area (TPSA) is 98.2 Å². The standard InChI is InChI=1S/C33H32N2O6S/c1-6-39-24-11-8-20(16-25(24)40-7-2)29-27(30(36)21-9-10-23-22(15-21)14-19(5)41-23)31(37)32(38)35(29)33-34-28-18(4)12-17(3)13-26(28)42-33/h8-13,15-16,19,29,36H,6-7,14H2,1-5H3/b30-27+/t19-,29+/m0/s1. The quantitative estimate of drug-likeness (QED) is 0.147. The van der Waals surface area contributed by atoms with E-state index in [1.807, 2.05) is 52.8 Å². The molecule has 0 spiro atoms. The molecule has 4 aromatic rings. The van der Waals surface area contributed by atoms with Gasteiger partial charge in [-0.05, 0) is 93.3 Å². The first-order valence-corrected chi connectivity index (χ1v) is 14.9. The van der Waals surface area contributed by atoms with Crippen molar-refractivity contribution >= 4 is 44.1 Å². The zero-order chi connectivity index (χ0) is 29.7. The van der Waals surface area contributed by atoms with Crippen molar-refractivity contribution in [2.75, 3.05) is 18.1 Å². The van der Waals surface area contributed by atoms with Crippen LogP contribution in [0.5, 0.6) is 17.2 Å². The van der Waals surface area contributed by atoms with E-state index in [4.69, 9.17) is 19.2 Å². The molecule has 2 aliphatic rings. The molecule has 0 saturated carbocycles. The Balaban J connectivity index is 1.56. The van der Waals surface area contributed by atoms with Crippen molar-refractivity contribution in [1.29, 1.82) is 0 Å². The fourth-order valence-corrected chi connectivity index (χ4v) is 6.94. The Hall–Kier alpha value is -4.37. The fraction of sp³-hybridized carbons (Fsp3) is 0.303. The van der Waals surface area contributed by atoms with E-state index in [-0.39, 0.29) is 17.4 Å². The molecule has 8 nitrogen and oxygen atoms in total. The molecule has 216 valence electrons. The number of Topliss-reactive ketones (excluding diaryl/α,β-unsaturated/α-hetero) is 1. The number of aryl methyl sites for hydroxylation is 2. The van der Waals surface area contributed by atoms with E-state index in [9.17, 15) is 14.7 Å². The second-order valence-electron chi connectivity index (χ2n) is 10.6.